The van der Waals surface area contributed by atoms with Crippen molar-refractivity contribution in [2.24, 2.45) is 7.05 Å². The van der Waals surface area contributed by atoms with Crippen molar-refractivity contribution in [3.63, 3.8) is 0 Å². The molecule has 2 nitrogen and oxygen atoms in total. The van der Waals surface area contributed by atoms with Gasteiger partial charge in [0.25, 0.3) is 0 Å². The minimum atomic E-state index is 1.02. The fourth-order valence-corrected chi connectivity index (χ4v) is 2.66. The van der Waals surface area contributed by atoms with E-state index in [-0.39, 0.29) is 0 Å². The molecular formula is C14H11IN2. The Morgan fingerprint density at radius 3 is 2.47 bits per heavy atom. The highest BCUT2D eigenvalue weighted by atomic mass is 127. The number of benzene rings is 2. The van der Waals surface area contributed by atoms with Gasteiger partial charge in [-0.25, -0.2) is 4.98 Å². The predicted octanol–water partition coefficient (Wildman–Crippen LogP) is 3.84. The summed E-state index contributed by atoms with van der Waals surface area (Å²) in [6.45, 7) is 0. The Hall–Kier alpha value is -1.36. The molecule has 1 heterocycles. The van der Waals surface area contributed by atoms with Crippen LogP contribution in [-0.4, -0.2) is 9.55 Å². The minimum Gasteiger partial charge on any atom is -0.327 e. The molecule has 0 aliphatic rings. The van der Waals surface area contributed by atoms with Gasteiger partial charge in [0.15, 0.2) is 0 Å². The lowest BCUT2D eigenvalue weighted by atomic mass is 10.2. The second kappa shape index (κ2) is 4.14. The van der Waals surface area contributed by atoms with Gasteiger partial charge in [-0.3, -0.25) is 0 Å². The first kappa shape index (κ1) is 10.8. The molecule has 0 bridgehead atoms. The molecule has 2 aromatic carbocycles. The maximum atomic E-state index is 4.70. The van der Waals surface area contributed by atoms with Crippen LogP contribution < -0.4 is 0 Å². The number of aryl methyl sites for hydroxylation is 1. The SMILES string of the molecule is Cn1c(-c2ccccc2I)nc2ccccc21. The summed E-state index contributed by atoms with van der Waals surface area (Å²) in [6.07, 6.45) is 0. The third-order valence-electron chi connectivity index (χ3n) is 2.90. The first-order chi connectivity index (χ1) is 8.27. The zero-order chi connectivity index (χ0) is 11.8. The number of halogens is 1. The van der Waals surface area contributed by atoms with Crippen molar-refractivity contribution in [3.8, 4) is 11.4 Å². The van der Waals surface area contributed by atoms with Crippen molar-refractivity contribution >= 4 is 33.6 Å². The Morgan fingerprint density at radius 2 is 1.71 bits per heavy atom. The second-order valence-electron chi connectivity index (χ2n) is 3.96. The van der Waals surface area contributed by atoms with E-state index in [4.69, 9.17) is 4.98 Å². The number of aromatic nitrogens is 2. The Balaban J connectivity index is 2.32. The van der Waals surface area contributed by atoms with Gasteiger partial charge >= 0.3 is 0 Å². The second-order valence-corrected chi connectivity index (χ2v) is 5.13. The molecule has 0 amide bonds. The van der Waals surface area contributed by atoms with E-state index in [9.17, 15) is 0 Å². The zero-order valence-corrected chi connectivity index (χ0v) is 11.5. The third-order valence-corrected chi connectivity index (χ3v) is 3.84. The lowest BCUT2D eigenvalue weighted by Gasteiger charge is -2.04. The summed E-state index contributed by atoms with van der Waals surface area (Å²) >= 11 is 2.35. The van der Waals surface area contributed by atoms with E-state index < -0.39 is 0 Å². The summed E-state index contributed by atoms with van der Waals surface area (Å²) in [5, 5.41) is 0. The summed E-state index contributed by atoms with van der Waals surface area (Å²) in [4.78, 5) is 4.70. The van der Waals surface area contributed by atoms with Crippen molar-refractivity contribution in [1.82, 2.24) is 9.55 Å². The molecular weight excluding hydrogens is 323 g/mol. The monoisotopic (exact) mass is 334 g/mol. The van der Waals surface area contributed by atoms with Crippen LogP contribution in [0, 0.1) is 3.57 Å². The lowest BCUT2D eigenvalue weighted by molar-refractivity contribution is 0.958. The van der Waals surface area contributed by atoms with Gasteiger partial charge in [-0.15, -0.1) is 0 Å². The van der Waals surface area contributed by atoms with Gasteiger partial charge in [0.1, 0.15) is 5.82 Å². The molecule has 0 saturated carbocycles. The molecule has 0 atom stereocenters. The van der Waals surface area contributed by atoms with E-state index in [1.165, 1.54) is 14.7 Å². The van der Waals surface area contributed by atoms with Crippen LogP contribution in [0.2, 0.25) is 0 Å². The van der Waals surface area contributed by atoms with Crippen molar-refractivity contribution in [3.05, 3.63) is 52.1 Å². The predicted molar refractivity (Wildman–Crippen MR) is 78.9 cm³/mol. The molecule has 3 aromatic rings. The molecule has 84 valence electrons. The molecule has 0 saturated heterocycles. The fraction of sp³-hybridized carbons (Fsp3) is 0.0714. The largest absolute Gasteiger partial charge is 0.327 e. The molecule has 1 aromatic heterocycles. The van der Waals surface area contributed by atoms with Gasteiger partial charge in [-0.2, -0.15) is 0 Å². The molecule has 0 spiro atoms. The molecule has 0 N–H and O–H groups in total. The number of fused-ring (bicyclic) bond motifs is 1. The molecule has 0 fully saturated rings. The van der Waals surface area contributed by atoms with Crippen LogP contribution in [0.1, 0.15) is 0 Å². The number of hydrogen-bond acceptors (Lipinski definition) is 1. The van der Waals surface area contributed by atoms with Gasteiger partial charge in [-0.1, -0.05) is 30.3 Å². The van der Waals surface area contributed by atoms with Crippen LogP contribution >= 0.6 is 22.6 Å². The molecule has 0 aliphatic carbocycles. The quantitative estimate of drug-likeness (QED) is 0.618. The number of imidazole rings is 1. The average molecular weight is 334 g/mol. The summed E-state index contributed by atoms with van der Waals surface area (Å²) < 4.78 is 3.37. The van der Waals surface area contributed by atoms with Gasteiger partial charge < -0.3 is 4.57 Å². The van der Waals surface area contributed by atoms with E-state index in [0.29, 0.717) is 0 Å². The van der Waals surface area contributed by atoms with Gasteiger partial charge in [-0.05, 0) is 40.8 Å². The average Bonchev–Trinajstić information content (AvgIpc) is 2.68. The van der Waals surface area contributed by atoms with Crippen LogP contribution in [0.4, 0.5) is 0 Å². The molecule has 0 aliphatic heterocycles. The molecule has 3 rings (SSSR count). The summed E-state index contributed by atoms with van der Waals surface area (Å²) in [5.41, 5.74) is 3.40. The Bertz CT molecular complexity index is 686. The van der Waals surface area contributed by atoms with Crippen molar-refractivity contribution in [2.75, 3.05) is 0 Å². The highest BCUT2D eigenvalue weighted by Gasteiger charge is 2.10. The number of nitrogens with zero attached hydrogens (tertiary/aromatic N) is 2. The molecule has 17 heavy (non-hydrogen) atoms. The van der Waals surface area contributed by atoms with Gasteiger partial charge in [0, 0.05) is 16.2 Å². The minimum absolute atomic E-state index is 1.02. The number of hydrogen-bond donors (Lipinski definition) is 0. The lowest BCUT2D eigenvalue weighted by Crippen LogP contribution is -1.93. The van der Waals surface area contributed by atoms with E-state index in [1.54, 1.807) is 0 Å². The van der Waals surface area contributed by atoms with Crippen LogP contribution in [0.25, 0.3) is 22.4 Å². The van der Waals surface area contributed by atoms with E-state index in [1.807, 2.05) is 18.2 Å². The van der Waals surface area contributed by atoms with Crippen LogP contribution in [0.15, 0.2) is 48.5 Å². The van der Waals surface area contributed by atoms with Crippen molar-refractivity contribution in [2.45, 2.75) is 0 Å². The highest BCUT2D eigenvalue weighted by molar-refractivity contribution is 14.1. The summed E-state index contributed by atoms with van der Waals surface area (Å²) in [7, 11) is 2.06. The van der Waals surface area contributed by atoms with Gasteiger partial charge in [0.05, 0.1) is 11.0 Å². The smallest absolute Gasteiger partial charge is 0.141 e. The molecule has 0 radical (unpaired) electrons. The Kier molecular flexibility index (Phi) is 2.63. The Morgan fingerprint density at radius 1 is 1.00 bits per heavy atom. The molecule has 3 heteroatoms. The number of para-hydroxylation sites is 2. The van der Waals surface area contributed by atoms with E-state index >= 15 is 0 Å². The van der Waals surface area contributed by atoms with E-state index in [2.05, 4.69) is 64.5 Å². The first-order valence-electron chi connectivity index (χ1n) is 5.44. The third kappa shape index (κ3) is 1.74. The van der Waals surface area contributed by atoms with Crippen molar-refractivity contribution in [1.29, 1.82) is 0 Å². The summed E-state index contributed by atoms with van der Waals surface area (Å²) in [5.74, 6) is 1.02. The molecule has 0 unspecified atom stereocenters. The van der Waals surface area contributed by atoms with Crippen LogP contribution in [0.3, 0.4) is 0 Å². The first-order valence-corrected chi connectivity index (χ1v) is 6.51. The van der Waals surface area contributed by atoms with Crippen molar-refractivity contribution < 1.29 is 0 Å². The maximum absolute atomic E-state index is 4.70. The summed E-state index contributed by atoms with van der Waals surface area (Å²) in [6, 6.07) is 16.5. The van der Waals surface area contributed by atoms with E-state index in [0.717, 1.165) is 11.3 Å². The topological polar surface area (TPSA) is 17.8 Å². The fourth-order valence-electron chi connectivity index (χ4n) is 2.03. The van der Waals surface area contributed by atoms with Gasteiger partial charge in [0.2, 0.25) is 0 Å². The Labute approximate surface area is 113 Å². The normalized spacial score (nSPS) is 10.9. The maximum Gasteiger partial charge on any atom is 0.141 e. The number of rotatable bonds is 1. The van der Waals surface area contributed by atoms with Crippen LogP contribution in [-0.2, 0) is 7.05 Å². The standard InChI is InChI=1S/C14H11IN2/c1-17-13-9-5-4-8-12(13)16-14(17)10-6-2-3-7-11(10)15/h2-9H,1H3. The van der Waals surface area contributed by atoms with Crippen LogP contribution in [0.5, 0.6) is 0 Å². The highest BCUT2D eigenvalue weighted by Crippen LogP contribution is 2.26. The zero-order valence-electron chi connectivity index (χ0n) is 9.39.